The number of nitrogens with zero attached hydrogens (tertiary/aromatic N) is 1. The molecule has 0 radical (unpaired) electrons. The van der Waals surface area contributed by atoms with Crippen LogP contribution in [0.4, 0.5) is 5.88 Å². The summed E-state index contributed by atoms with van der Waals surface area (Å²) in [5, 5.41) is 3.24. The van der Waals surface area contributed by atoms with Gasteiger partial charge in [-0.05, 0) is 49.2 Å². The van der Waals surface area contributed by atoms with Gasteiger partial charge in [-0.1, -0.05) is 29.8 Å². The van der Waals surface area contributed by atoms with Crippen LogP contribution < -0.4 is 10.1 Å². The number of carbonyl (C=O) groups excluding carboxylic acids is 1. The number of amides is 1. The molecule has 0 fully saturated rings. The topological polar surface area (TPSA) is 77.5 Å². The second kappa shape index (κ2) is 7.40. The van der Waals surface area contributed by atoms with E-state index in [2.05, 4.69) is 10.3 Å². The van der Waals surface area contributed by atoms with E-state index in [4.69, 9.17) is 25.2 Å². The number of benzene rings is 2. The van der Waals surface area contributed by atoms with Crippen molar-refractivity contribution in [3.05, 3.63) is 64.7 Å². The number of aromatic nitrogens is 1. The quantitative estimate of drug-likeness (QED) is 0.490. The third-order valence-corrected chi connectivity index (χ3v) is 4.39. The number of hydrogen-bond acceptors (Lipinski definition) is 5. The van der Waals surface area contributed by atoms with E-state index in [1.54, 1.807) is 24.3 Å². The molecule has 6 nitrogen and oxygen atoms in total. The second-order valence-electron chi connectivity index (χ2n) is 6.36. The zero-order valence-corrected chi connectivity index (χ0v) is 16.0. The number of hydrogen-bond donors (Lipinski definition) is 1. The molecule has 4 rings (SSSR count). The van der Waals surface area contributed by atoms with Gasteiger partial charge in [0.1, 0.15) is 11.3 Å². The molecule has 0 saturated carbocycles. The number of halogens is 1. The van der Waals surface area contributed by atoms with Crippen LogP contribution in [0.15, 0.2) is 57.4 Å². The van der Waals surface area contributed by atoms with Crippen molar-refractivity contribution in [3.63, 3.8) is 0 Å². The van der Waals surface area contributed by atoms with Crippen LogP contribution in [0, 0.1) is 13.8 Å². The number of carbonyl (C=O) groups is 1. The average Bonchev–Trinajstić information content (AvgIpc) is 3.28. The summed E-state index contributed by atoms with van der Waals surface area (Å²) in [6.45, 7) is 3.69. The van der Waals surface area contributed by atoms with E-state index in [0.29, 0.717) is 33.5 Å². The molecular formula is C21H17ClN2O4. The smallest absolute Gasteiger partial charge is 0.264 e. The van der Waals surface area contributed by atoms with E-state index < -0.39 is 0 Å². The Balaban J connectivity index is 1.45. The average molecular weight is 397 g/mol. The maximum Gasteiger partial charge on any atom is 0.264 e. The number of anilines is 1. The van der Waals surface area contributed by atoms with Crippen LogP contribution in [0.5, 0.6) is 5.75 Å². The molecule has 1 N–H and O–H groups in total. The summed E-state index contributed by atoms with van der Waals surface area (Å²) in [5.41, 5.74) is 3.14. The first-order valence-electron chi connectivity index (χ1n) is 8.65. The third kappa shape index (κ3) is 3.73. The first kappa shape index (κ1) is 18.1. The number of ether oxygens (including phenoxy) is 1. The molecule has 142 valence electrons. The summed E-state index contributed by atoms with van der Waals surface area (Å²) >= 11 is 6.06. The molecule has 0 unspecified atom stereocenters. The summed E-state index contributed by atoms with van der Waals surface area (Å²) in [6, 6.07) is 14.3. The fourth-order valence-electron chi connectivity index (χ4n) is 2.82. The van der Waals surface area contributed by atoms with Crippen molar-refractivity contribution in [3.8, 4) is 17.4 Å². The standard InChI is InChI=1S/C21H17ClN2O4/c1-12-5-3-4-6-16(12)26-11-18(25)24-19-8-7-17(27-19)21-23-15-10-14(22)9-13(2)20(15)28-21/h3-10H,11H2,1-2H3,(H,24,25). The lowest BCUT2D eigenvalue weighted by atomic mass is 10.2. The van der Waals surface area contributed by atoms with Gasteiger partial charge in [-0.25, -0.2) is 4.98 Å². The summed E-state index contributed by atoms with van der Waals surface area (Å²) in [4.78, 5) is 16.5. The van der Waals surface area contributed by atoms with Crippen molar-refractivity contribution in [2.75, 3.05) is 11.9 Å². The Morgan fingerprint density at radius 2 is 1.93 bits per heavy atom. The Morgan fingerprint density at radius 1 is 1.11 bits per heavy atom. The van der Waals surface area contributed by atoms with Gasteiger partial charge in [-0.15, -0.1) is 0 Å². The molecule has 0 saturated heterocycles. The highest BCUT2D eigenvalue weighted by atomic mass is 35.5. The Hall–Kier alpha value is -3.25. The summed E-state index contributed by atoms with van der Waals surface area (Å²) in [5.74, 6) is 1.34. The van der Waals surface area contributed by atoms with Crippen LogP contribution in [-0.4, -0.2) is 17.5 Å². The van der Waals surface area contributed by atoms with E-state index in [-0.39, 0.29) is 18.4 Å². The van der Waals surface area contributed by atoms with Crippen molar-refractivity contribution in [1.29, 1.82) is 0 Å². The predicted molar refractivity (Wildman–Crippen MR) is 107 cm³/mol. The Morgan fingerprint density at radius 3 is 2.75 bits per heavy atom. The molecule has 0 atom stereocenters. The van der Waals surface area contributed by atoms with Gasteiger partial charge in [-0.2, -0.15) is 0 Å². The first-order chi connectivity index (χ1) is 13.5. The van der Waals surface area contributed by atoms with Crippen molar-refractivity contribution in [2.45, 2.75) is 13.8 Å². The van der Waals surface area contributed by atoms with Gasteiger partial charge in [0.25, 0.3) is 11.8 Å². The number of oxazole rings is 1. The van der Waals surface area contributed by atoms with Crippen LogP contribution in [0.3, 0.4) is 0 Å². The first-order valence-corrected chi connectivity index (χ1v) is 9.02. The van der Waals surface area contributed by atoms with Crippen LogP contribution in [0.1, 0.15) is 11.1 Å². The maximum absolute atomic E-state index is 12.1. The van der Waals surface area contributed by atoms with E-state index in [1.165, 1.54) is 0 Å². The molecule has 2 aromatic heterocycles. The van der Waals surface area contributed by atoms with Crippen molar-refractivity contribution in [1.82, 2.24) is 4.98 Å². The minimum absolute atomic E-state index is 0.124. The normalized spacial score (nSPS) is 11.0. The molecule has 28 heavy (non-hydrogen) atoms. The van der Waals surface area contributed by atoms with Crippen LogP contribution in [0.25, 0.3) is 22.8 Å². The zero-order valence-electron chi connectivity index (χ0n) is 15.3. The Bertz CT molecular complexity index is 1160. The highest BCUT2D eigenvalue weighted by Crippen LogP contribution is 2.30. The van der Waals surface area contributed by atoms with Gasteiger partial charge >= 0.3 is 0 Å². The lowest BCUT2D eigenvalue weighted by Gasteiger charge is -2.08. The molecule has 0 bridgehead atoms. The van der Waals surface area contributed by atoms with Gasteiger partial charge in [0.2, 0.25) is 5.88 Å². The maximum atomic E-state index is 12.1. The van der Waals surface area contributed by atoms with Gasteiger partial charge in [-0.3, -0.25) is 10.1 Å². The highest BCUT2D eigenvalue weighted by molar-refractivity contribution is 6.31. The Kier molecular flexibility index (Phi) is 4.79. The predicted octanol–water partition coefficient (Wildman–Crippen LogP) is 5.38. The Labute approximate surface area is 166 Å². The van der Waals surface area contributed by atoms with Gasteiger partial charge < -0.3 is 13.6 Å². The number of rotatable bonds is 5. The number of para-hydroxylation sites is 1. The van der Waals surface area contributed by atoms with E-state index in [0.717, 1.165) is 11.1 Å². The van der Waals surface area contributed by atoms with Gasteiger partial charge in [0.05, 0.1) is 0 Å². The van der Waals surface area contributed by atoms with Gasteiger partial charge in [0.15, 0.2) is 18.0 Å². The molecule has 0 spiro atoms. The molecule has 2 aromatic carbocycles. The van der Waals surface area contributed by atoms with E-state index in [1.807, 2.05) is 38.1 Å². The molecular weight excluding hydrogens is 380 g/mol. The number of aryl methyl sites for hydroxylation is 2. The molecule has 1 amide bonds. The fourth-order valence-corrected chi connectivity index (χ4v) is 3.08. The zero-order chi connectivity index (χ0) is 19.7. The molecule has 0 aliphatic carbocycles. The molecule has 4 aromatic rings. The second-order valence-corrected chi connectivity index (χ2v) is 6.79. The van der Waals surface area contributed by atoms with E-state index >= 15 is 0 Å². The SMILES string of the molecule is Cc1ccccc1OCC(=O)Nc1ccc(-c2nc3cc(Cl)cc(C)c3o2)o1. The molecule has 0 aliphatic rings. The monoisotopic (exact) mass is 396 g/mol. The van der Waals surface area contributed by atoms with Crippen LogP contribution >= 0.6 is 11.6 Å². The van der Waals surface area contributed by atoms with E-state index in [9.17, 15) is 4.79 Å². The summed E-state index contributed by atoms with van der Waals surface area (Å²) in [7, 11) is 0. The van der Waals surface area contributed by atoms with Crippen LogP contribution in [0.2, 0.25) is 5.02 Å². The van der Waals surface area contributed by atoms with Crippen molar-refractivity contribution >= 4 is 34.5 Å². The highest BCUT2D eigenvalue weighted by Gasteiger charge is 2.15. The lowest BCUT2D eigenvalue weighted by molar-refractivity contribution is -0.118. The third-order valence-electron chi connectivity index (χ3n) is 4.17. The lowest BCUT2D eigenvalue weighted by Crippen LogP contribution is -2.20. The van der Waals surface area contributed by atoms with Crippen molar-refractivity contribution in [2.24, 2.45) is 0 Å². The molecule has 2 heterocycles. The number of fused-ring (bicyclic) bond motifs is 1. The van der Waals surface area contributed by atoms with Gasteiger partial charge in [0, 0.05) is 11.1 Å². The van der Waals surface area contributed by atoms with Crippen LogP contribution in [-0.2, 0) is 4.79 Å². The van der Waals surface area contributed by atoms with Crippen molar-refractivity contribution < 1.29 is 18.4 Å². The fraction of sp³-hybridized carbons (Fsp3) is 0.143. The number of furan rings is 1. The molecule has 7 heteroatoms. The molecule has 0 aliphatic heterocycles. The minimum atomic E-state index is -0.329. The largest absolute Gasteiger partial charge is 0.483 e. The number of nitrogens with one attached hydrogen (secondary N) is 1. The minimum Gasteiger partial charge on any atom is -0.483 e. The summed E-state index contributed by atoms with van der Waals surface area (Å²) in [6.07, 6.45) is 0. The summed E-state index contributed by atoms with van der Waals surface area (Å²) < 4.78 is 16.9.